The number of aryl methyl sites for hydroxylation is 1. The summed E-state index contributed by atoms with van der Waals surface area (Å²) in [5.74, 6) is 0.903. The Bertz CT molecular complexity index is 534. The second-order valence-electron chi connectivity index (χ2n) is 4.61. The molecule has 0 aromatic carbocycles. The van der Waals surface area contributed by atoms with Gasteiger partial charge in [-0.05, 0) is 17.9 Å². The third kappa shape index (κ3) is 2.18. The van der Waals surface area contributed by atoms with Crippen LogP contribution in [0.4, 0.5) is 0 Å². The second-order valence-corrected chi connectivity index (χ2v) is 5.39. The lowest BCUT2D eigenvalue weighted by atomic mass is 10.0. The van der Waals surface area contributed by atoms with Gasteiger partial charge in [0.15, 0.2) is 5.82 Å². The molecule has 3 heterocycles. The highest BCUT2D eigenvalue weighted by Gasteiger charge is 2.17. The molecule has 0 spiro atoms. The Hall–Kier alpha value is -1.26. The molecule has 0 fully saturated rings. The Morgan fingerprint density at radius 1 is 1.39 bits per heavy atom. The zero-order valence-corrected chi connectivity index (χ0v) is 11.4. The Morgan fingerprint density at radius 2 is 2.33 bits per heavy atom. The normalized spacial score (nSPS) is 14.5. The first kappa shape index (κ1) is 11.8. The maximum absolute atomic E-state index is 4.77. The first-order valence-corrected chi connectivity index (χ1v) is 7.44. The highest BCUT2D eigenvalue weighted by molar-refractivity contribution is 7.08. The van der Waals surface area contributed by atoms with Crippen molar-refractivity contribution in [2.75, 3.05) is 6.54 Å². The van der Waals surface area contributed by atoms with E-state index in [-0.39, 0.29) is 0 Å². The molecule has 2 aromatic heterocycles. The molecule has 0 saturated carbocycles. The quantitative estimate of drug-likeness (QED) is 0.921. The molecule has 0 amide bonds. The predicted octanol–water partition coefficient (Wildman–Crippen LogP) is 2.80. The van der Waals surface area contributed by atoms with Crippen LogP contribution in [-0.2, 0) is 19.4 Å². The third-order valence-corrected chi connectivity index (χ3v) is 3.97. The minimum atomic E-state index is 0.903. The summed E-state index contributed by atoms with van der Waals surface area (Å²) in [6.07, 6.45) is 3.20. The van der Waals surface area contributed by atoms with E-state index in [0.717, 1.165) is 43.7 Å². The summed E-state index contributed by atoms with van der Waals surface area (Å²) in [6.45, 7) is 4.16. The summed E-state index contributed by atoms with van der Waals surface area (Å²) in [7, 11) is 0. The van der Waals surface area contributed by atoms with E-state index in [1.807, 2.05) is 0 Å². The molecule has 0 aliphatic carbocycles. The number of nitrogens with zero attached hydrogens (tertiary/aromatic N) is 2. The topological polar surface area (TPSA) is 37.8 Å². The van der Waals surface area contributed by atoms with Crippen LogP contribution in [0.3, 0.4) is 0 Å². The fourth-order valence-electron chi connectivity index (χ4n) is 2.38. The van der Waals surface area contributed by atoms with Crippen molar-refractivity contribution in [2.45, 2.75) is 32.7 Å². The lowest BCUT2D eigenvalue weighted by Gasteiger charge is -2.19. The van der Waals surface area contributed by atoms with Gasteiger partial charge in [-0.1, -0.05) is 13.3 Å². The van der Waals surface area contributed by atoms with Gasteiger partial charge in [-0.25, -0.2) is 9.97 Å². The lowest BCUT2D eigenvalue weighted by Crippen LogP contribution is -2.26. The number of nitrogens with one attached hydrogen (secondary N) is 1. The molecule has 0 atom stereocenters. The molecular weight excluding hydrogens is 242 g/mol. The highest BCUT2D eigenvalue weighted by Crippen LogP contribution is 2.23. The van der Waals surface area contributed by atoms with E-state index in [0.29, 0.717) is 0 Å². The first-order valence-electron chi connectivity index (χ1n) is 6.50. The molecule has 3 nitrogen and oxygen atoms in total. The summed E-state index contributed by atoms with van der Waals surface area (Å²) in [5, 5.41) is 7.62. The average Bonchev–Trinajstić information content (AvgIpc) is 2.93. The number of rotatable bonds is 3. The van der Waals surface area contributed by atoms with Crippen LogP contribution in [0.25, 0.3) is 11.4 Å². The predicted molar refractivity (Wildman–Crippen MR) is 74.8 cm³/mol. The minimum Gasteiger partial charge on any atom is -0.312 e. The van der Waals surface area contributed by atoms with Crippen molar-refractivity contribution in [2.24, 2.45) is 0 Å². The van der Waals surface area contributed by atoms with Crippen LogP contribution in [0.1, 0.15) is 30.3 Å². The first-order chi connectivity index (χ1) is 8.88. The second kappa shape index (κ2) is 5.16. The molecule has 0 saturated heterocycles. The van der Waals surface area contributed by atoms with Gasteiger partial charge in [-0.3, -0.25) is 0 Å². The number of hydrogen-bond donors (Lipinski definition) is 1. The fourth-order valence-corrected chi connectivity index (χ4v) is 3.01. The molecule has 0 unspecified atom stereocenters. The molecule has 0 radical (unpaired) electrons. The van der Waals surface area contributed by atoms with Crippen LogP contribution < -0.4 is 5.32 Å². The summed E-state index contributed by atoms with van der Waals surface area (Å²) in [4.78, 5) is 9.53. The summed E-state index contributed by atoms with van der Waals surface area (Å²) in [5.41, 5.74) is 4.96. The molecular formula is C14H17N3S. The summed E-state index contributed by atoms with van der Waals surface area (Å²) in [6, 6.07) is 2.10. The SMILES string of the molecule is CCCc1nc(-c2ccsc2)nc2c1CNCC2. The largest absolute Gasteiger partial charge is 0.312 e. The van der Waals surface area contributed by atoms with Crippen LogP contribution >= 0.6 is 11.3 Å². The van der Waals surface area contributed by atoms with Gasteiger partial charge in [0.2, 0.25) is 0 Å². The van der Waals surface area contributed by atoms with Crippen molar-refractivity contribution >= 4 is 11.3 Å². The standard InChI is InChI=1S/C14H17N3S/c1-2-3-12-11-8-15-6-4-13(11)17-14(16-12)10-5-7-18-9-10/h5,7,9,15H,2-4,6,8H2,1H3. The van der Waals surface area contributed by atoms with E-state index >= 15 is 0 Å². The van der Waals surface area contributed by atoms with Gasteiger partial charge >= 0.3 is 0 Å². The Kier molecular flexibility index (Phi) is 3.39. The zero-order chi connectivity index (χ0) is 12.4. The number of aromatic nitrogens is 2. The molecule has 4 heteroatoms. The van der Waals surface area contributed by atoms with E-state index in [1.54, 1.807) is 11.3 Å². The van der Waals surface area contributed by atoms with Crippen molar-refractivity contribution in [3.63, 3.8) is 0 Å². The number of fused-ring (bicyclic) bond motifs is 1. The summed E-state index contributed by atoms with van der Waals surface area (Å²) < 4.78 is 0. The van der Waals surface area contributed by atoms with E-state index < -0.39 is 0 Å². The van der Waals surface area contributed by atoms with E-state index in [2.05, 4.69) is 29.1 Å². The lowest BCUT2D eigenvalue weighted by molar-refractivity contribution is 0.615. The molecule has 94 valence electrons. The van der Waals surface area contributed by atoms with Crippen LogP contribution in [0.15, 0.2) is 16.8 Å². The maximum Gasteiger partial charge on any atom is 0.160 e. The molecule has 0 bridgehead atoms. The van der Waals surface area contributed by atoms with Crippen molar-refractivity contribution in [3.05, 3.63) is 33.8 Å². The van der Waals surface area contributed by atoms with Crippen LogP contribution in [0.5, 0.6) is 0 Å². The van der Waals surface area contributed by atoms with Gasteiger partial charge in [0.1, 0.15) is 0 Å². The Balaban J connectivity index is 2.09. The van der Waals surface area contributed by atoms with Crippen molar-refractivity contribution in [1.29, 1.82) is 0 Å². The molecule has 2 aromatic rings. The van der Waals surface area contributed by atoms with Gasteiger partial charge in [-0.15, -0.1) is 0 Å². The van der Waals surface area contributed by atoms with E-state index in [9.17, 15) is 0 Å². The van der Waals surface area contributed by atoms with Gasteiger partial charge in [0.25, 0.3) is 0 Å². The number of thiophene rings is 1. The van der Waals surface area contributed by atoms with Gasteiger partial charge < -0.3 is 5.32 Å². The van der Waals surface area contributed by atoms with Crippen LogP contribution in [-0.4, -0.2) is 16.5 Å². The Morgan fingerprint density at radius 3 is 3.11 bits per heavy atom. The number of hydrogen-bond acceptors (Lipinski definition) is 4. The smallest absolute Gasteiger partial charge is 0.160 e. The molecule has 1 N–H and O–H groups in total. The summed E-state index contributed by atoms with van der Waals surface area (Å²) >= 11 is 1.70. The average molecular weight is 259 g/mol. The van der Waals surface area contributed by atoms with Crippen molar-refractivity contribution < 1.29 is 0 Å². The molecule has 1 aliphatic rings. The van der Waals surface area contributed by atoms with Gasteiger partial charge in [0.05, 0.1) is 5.69 Å². The maximum atomic E-state index is 4.77. The zero-order valence-electron chi connectivity index (χ0n) is 10.6. The van der Waals surface area contributed by atoms with Crippen molar-refractivity contribution in [1.82, 2.24) is 15.3 Å². The van der Waals surface area contributed by atoms with Gasteiger partial charge in [-0.2, -0.15) is 11.3 Å². The fraction of sp³-hybridized carbons (Fsp3) is 0.429. The molecule has 18 heavy (non-hydrogen) atoms. The minimum absolute atomic E-state index is 0.903. The monoisotopic (exact) mass is 259 g/mol. The van der Waals surface area contributed by atoms with Crippen molar-refractivity contribution in [3.8, 4) is 11.4 Å². The molecule has 1 aliphatic heterocycles. The molecule has 3 rings (SSSR count). The van der Waals surface area contributed by atoms with E-state index in [1.165, 1.54) is 17.0 Å². The third-order valence-electron chi connectivity index (χ3n) is 3.28. The Labute approximate surface area is 111 Å². The van der Waals surface area contributed by atoms with E-state index in [4.69, 9.17) is 9.97 Å². The van der Waals surface area contributed by atoms with Crippen LogP contribution in [0.2, 0.25) is 0 Å². The van der Waals surface area contributed by atoms with Crippen LogP contribution in [0, 0.1) is 0 Å². The highest BCUT2D eigenvalue weighted by atomic mass is 32.1. The van der Waals surface area contributed by atoms with Gasteiger partial charge in [0, 0.05) is 41.7 Å².